The molecule has 5 nitrogen and oxygen atoms in total. The molecule has 1 aliphatic rings. The third-order valence-electron chi connectivity index (χ3n) is 8.54. The third kappa shape index (κ3) is 4.33. The van der Waals surface area contributed by atoms with Crippen molar-refractivity contribution in [2.75, 3.05) is 4.90 Å². The van der Waals surface area contributed by atoms with Crippen molar-refractivity contribution in [2.45, 2.75) is 19.3 Å². The second kappa shape index (κ2) is 10.2. The zero-order valence-corrected chi connectivity index (χ0v) is 24.5. The molecule has 0 spiro atoms. The molecule has 3 heterocycles. The lowest BCUT2D eigenvalue weighted by Crippen LogP contribution is -2.30. The summed E-state index contributed by atoms with van der Waals surface area (Å²) in [5, 5.41) is 2.48. The van der Waals surface area contributed by atoms with Gasteiger partial charge in [-0.2, -0.15) is 0 Å². The lowest BCUT2D eigenvalue weighted by Gasteiger charge is -2.42. The first-order valence-corrected chi connectivity index (χ1v) is 14.8. The summed E-state index contributed by atoms with van der Waals surface area (Å²) in [4.78, 5) is 21.5. The van der Waals surface area contributed by atoms with Gasteiger partial charge in [-0.15, -0.1) is 0 Å². The monoisotopic (exact) mass is 567 g/mol. The highest BCUT2D eigenvalue weighted by molar-refractivity contribution is 5.94. The first-order valence-electron chi connectivity index (χ1n) is 14.8. The van der Waals surface area contributed by atoms with Crippen molar-refractivity contribution in [3.63, 3.8) is 0 Å². The Bertz CT molecular complexity index is 2080. The molecule has 0 N–H and O–H groups in total. The summed E-state index contributed by atoms with van der Waals surface area (Å²) in [6.45, 7) is 4.65. The second-order valence-electron chi connectivity index (χ2n) is 11.6. The van der Waals surface area contributed by atoms with Gasteiger partial charge in [-0.3, -0.25) is 4.98 Å². The van der Waals surface area contributed by atoms with Gasteiger partial charge in [0, 0.05) is 28.4 Å². The van der Waals surface area contributed by atoms with Crippen LogP contribution in [0.5, 0.6) is 0 Å². The van der Waals surface area contributed by atoms with Gasteiger partial charge in [0.15, 0.2) is 17.5 Å². The van der Waals surface area contributed by atoms with Gasteiger partial charge < -0.3 is 4.90 Å². The molecule has 2 aromatic heterocycles. The highest BCUT2D eigenvalue weighted by Crippen LogP contribution is 2.52. The van der Waals surface area contributed by atoms with E-state index >= 15 is 0 Å². The average molecular weight is 568 g/mol. The number of hydrogen-bond donors (Lipinski definition) is 0. The van der Waals surface area contributed by atoms with Gasteiger partial charge in [0.25, 0.3) is 0 Å². The van der Waals surface area contributed by atoms with Crippen LogP contribution in [0.15, 0.2) is 140 Å². The van der Waals surface area contributed by atoms with Crippen molar-refractivity contribution in [3.05, 3.63) is 151 Å². The molecule has 5 heteroatoms. The van der Waals surface area contributed by atoms with E-state index in [-0.39, 0.29) is 5.41 Å². The summed E-state index contributed by atoms with van der Waals surface area (Å²) in [5.74, 6) is 1.78. The Kier molecular flexibility index (Phi) is 6.05. The summed E-state index contributed by atoms with van der Waals surface area (Å²) < 4.78 is 0. The van der Waals surface area contributed by atoms with Crippen LogP contribution in [-0.2, 0) is 5.41 Å². The van der Waals surface area contributed by atoms with Crippen LogP contribution in [0.25, 0.3) is 45.1 Å². The van der Waals surface area contributed by atoms with Crippen LogP contribution in [0.3, 0.4) is 0 Å². The number of hydrogen-bond acceptors (Lipinski definition) is 5. The minimum atomic E-state index is -0.146. The van der Waals surface area contributed by atoms with Gasteiger partial charge in [0.2, 0.25) is 0 Å². The molecule has 0 aliphatic carbocycles. The van der Waals surface area contributed by atoms with Gasteiger partial charge >= 0.3 is 0 Å². The Balaban J connectivity index is 1.26. The normalized spacial score (nSPS) is 13.4. The molecule has 210 valence electrons. The number of benzene rings is 5. The average Bonchev–Trinajstić information content (AvgIpc) is 3.09. The lowest BCUT2D eigenvalue weighted by atomic mass is 9.73. The minimum Gasteiger partial charge on any atom is -0.310 e. The van der Waals surface area contributed by atoms with E-state index in [9.17, 15) is 0 Å². The van der Waals surface area contributed by atoms with E-state index in [0.29, 0.717) is 23.2 Å². The fourth-order valence-corrected chi connectivity index (χ4v) is 6.25. The molecule has 7 aromatic rings. The number of pyridine rings is 1. The van der Waals surface area contributed by atoms with Gasteiger partial charge in [-0.1, -0.05) is 92.7 Å². The Morgan fingerprint density at radius 1 is 0.500 bits per heavy atom. The van der Waals surface area contributed by atoms with Crippen molar-refractivity contribution in [3.8, 4) is 34.3 Å². The molecule has 0 atom stereocenters. The van der Waals surface area contributed by atoms with Crippen LogP contribution in [0.1, 0.15) is 25.0 Å². The number of rotatable bonds is 4. The molecule has 0 unspecified atom stereocenters. The van der Waals surface area contributed by atoms with E-state index in [1.165, 1.54) is 33.3 Å². The largest absolute Gasteiger partial charge is 0.310 e. The first-order chi connectivity index (χ1) is 21.6. The Labute approximate surface area is 256 Å². The first kappa shape index (κ1) is 26.0. The molecule has 1 aliphatic heterocycles. The summed E-state index contributed by atoms with van der Waals surface area (Å²) in [6.07, 6.45) is 1.76. The van der Waals surface area contributed by atoms with Crippen LogP contribution < -0.4 is 4.90 Å². The number of para-hydroxylation sites is 1. The van der Waals surface area contributed by atoms with E-state index in [4.69, 9.17) is 15.0 Å². The van der Waals surface area contributed by atoms with Crippen LogP contribution in [-0.4, -0.2) is 19.9 Å². The number of anilines is 3. The van der Waals surface area contributed by atoms with Gasteiger partial charge in [-0.25, -0.2) is 15.0 Å². The van der Waals surface area contributed by atoms with Crippen LogP contribution in [0.4, 0.5) is 17.1 Å². The molecular weight excluding hydrogens is 538 g/mol. The molecule has 5 aromatic carbocycles. The molecule has 0 amide bonds. The van der Waals surface area contributed by atoms with Crippen LogP contribution >= 0.6 is 0 Å². The summed E-state index contributed by atoms with van der Waals surface area (Å²) in [6, 6.07) is 46.3. The second-order valence-corrected chi connectivity index (χ2v) is 11.6. The molecule has 0 bridgehead atoms. The molecule has 44 heavy (non-hydrogen) atoms. The van der Waals surface area contributed by atoms with Gasteiger partial charge in [0.05, 0.1) is 11.4 Å². The van der Waals surface area contributed by atoms with E-state index in [1.54, 1.807) is 6.20 Å². The maximum atomic E-state index is 4.90. The SMILES string of the molecule is CC1(C)c2ccccc2N(c2ccc(-c3nc(-c4ccccc4)nc(-c4ccccn4)n3)cc2)c2cc3ccccc3cc21. The molecule has 0 saturated carbocycles. The fourth-order valence-electron chi connectivity index (χ4n) is 6.25. The smallest absolute Gasteiger partial charge is 0.182 e. The van der Waals surface area contributed by atoms with Crippen molar-refractivity contribution in [1.29, 1.82) is 0 Å². The summed E-state index contributed by atoms with van der Waals surface area (Å²) in [7, 11) is 0. The highest BCUT2D eigenvalue weighted by Gasteiger charge is 2.37. The van der Waals surface area contributed by atoms with E-state index in [2.05, 4.69) is 109 Å². The van der Waals surface area contributed by atoms with E-state index < -0.39 is 0 Å². The standard InChI is InChI=1S/C39H29N5/c1-39(2)31-16-8-9-18-34(31)44(35-25-29-15-7-6-14-28(29)24-32(35)39)30-21-19-27(20-22-30)37-41-36(26-12-4-3-5-13-26)42-38(43-37)33-17-10-11-23-40-33/h3-25H,1-2H3. The predicted octanol–water partition coefficient (Wildman–Crippen LogP) is 9.53. The van der Waals surface area contributed by atoms with Crippen molar-refractivity contribution in [1.82, 2.24) is 19.9 Å². The van der Waals surface area contributed by atoms with E-state index in [1.807, 2.05) is 48.5 Å². The molecular formula is C39H29N5. The minimum absolute atomic E-state index is 0.146. The van der Waals surface area contributed by atoms with Gasteiger partial charge in [0.1, 0.15) is 5.69 Å². The van der Waals surface area contributed by atoms with Gasteiger partial charge in [-0.05, 0) is 76.5 Å². The van der Waals surface area contributed by atoms with E-state index in [0.717, 1.165) is 16.8 Å². The lowest BCUT2D eigenvalue weighted by molar-refractivity contribution is 0.633. The van der Waals surface area contributed by atoms with Crippen molar-refractivity contribution in [2.24, 2.45) is 0 Å². The topological polar surface area (TPSA) is 54.8 Å². The predicted molar refractivity (Wildman–Crippen MR) is 178 cm³/mol. The molecule has 0 saturated heterocycles. The summed E-state index contributed by atoms with van der Waals surface area (Å²) in [5.41, 5.74) is 8.49. The van der Waals surface area contributed by atoms with Crippen LogP contribution in [0.2, 0.25) is 0 Å². The highest BCUT2D eigenvalue weighted by atomic mass is 15.2. The molecule has 0 fully saturated rings. The number of nitrogens with zero attached hydrogens (tertiary/aromatic N) is 5. The molecule has 8 rings (SSSR count). The Morgan fingerprint density at radius 2 is 1.11 bits per heavy atom. The quantitative estimate of drug-likeness (QED) is 0.212. The van der Waals surface area contributed by atoms with Crippen LogP contribution in [0, 0.1) is 0 Å². The number of fused-ring (bicyclic) bond motifs is 3. The maximum Gasteiger partial charge on any atom is 0.182 e. The number of aromatic nitrogens is 4. The van der Waals surface area contributed by atoms with Crippen molar-refractivity contribution < 1.29 is 0 Å². The summed E-state index contributed by atoms with van der Waals surface area (Å²) >= 11 is 0. The third-order valence-corrected chi connectivity index (χ3v) is 8.54. The zero-order chi connectivity index (χ0) is 29.7. The Hall–Kier alpha value is -5.68. The Morgan fingerprint density at radius 3 is 1.84 bits per heavy atom. The maximum absolute atomic E-state index is 4.90. The fraction of sp³-hybridized carbons (Fsp3) is 0.0769. The zero-order valence-electron chi connectivity index (χ0n) is 24.5. The van der Waals surface area contributed by atoms with Crippen molar-refractivity contribution >= 4 is 27.8 Å². The molecule has 0 radical (unpaired) electrons.